The lowest BCUT2D eigenvalue weighted by molar-refractivity contribution is 0.575. The Kier molecular flexibility index (Phi) is 3.35. The van der Waals surface area contributed by atoms with Crippen molar-refractivity contribution in [1.82, 2.24) is 5.32 Å². The minimum Gasteiger partial charge on any atom is -0.366 e. The molecule has 17 heavy (non-hydrogen) atoms. The van der Waals surface area contributed by atoms with Crippen molar-refractivity contribution in [3.8, 4) is 0 Å². The lowest BCUT2D eigenvalue weighted by Gasteiger charge is -2.31. The maximum absolute atomic E-state index is 13.8. The summed E-state index contributed by atoms with van der Waals surface area (Å²) in [6.45, 7) is 1.63. The first-order valence-electron chi connectivity index (χ1n) is 5.47. The van der Waals surface area contributed by atoms with Gasteiger partial charge in [0.1, 0.15) is 5.82 Å². The smallest absolute Gasteiger partial charge is 0.182 e. The number of fused-ring (bicyclic) bond motifs is 1. The maximum Gasteiger partial charge on any atom is 0.182 e. The monoisotopic (exact) mass is 258 g/mol. The molecule has 6 heteroatoms. The molecule has 1 aliphatic rings. The minimum absolute atomic E-state index is 0.0488. The molecule has 1 N–H and O–H groups in total. The molecule has 1 aromatic carbocycles. The van der Waals surface area contributed by atoms with E-state index in [1.807, 2.05) is 7.05 Å². The van der Waals surface area contributed by atoms with E-state index < -0.39 is 15.7 Å². The zero-order chi connectivity index (χ0) is 12.5. The molecule has 0 unspecified atom stereocenters. The highest BCUT2D eigenvalue weighted by Gasteiger charge is 2.30. The summed E-state index contributed by atoms with van der Waals surface area (Å²) in [5.74, 6) is -0.422. The second-order valence-electron chi connectivity index (χ2n) is 4.00. The van der Waals surface area contributed by atoms with Crippen LogP contribution in [0.15, 0.2) is 23.1 Å². The van der Waals surface area contributed by atoms with E-state index in [0.29, 0.717) is 19.6 Å². The Morgan fingerprint density at radius 3 is 2.94 bits per heavy atom. The van der Waals surface area contributed by atoms with Crippen molar-refractivity contribution in [2.24, 2.45) is 0 Å². The number of sulfone groups is 1. The number of halogens is 1. The van der Waals surface area contributed by atoms with Gasteiger partial charge in [0.15, 0.2) is 9.84 Å². The van der Waals surface area contributed by atoms with E-state index in [1.54, 1.807) is 4.90 Å². The van der Waals surface area contributed by atoms with Crippen molar-refractivity contribution in [3.63, 3.8) is 0 Å². The van der Waals surface area contributed by atoms with Gasteiger partial charge in [-0.25, -0.2) is 12.8 Å². The van der Waals surface area contributed by atoms with E-state index in [4.69, 9.17) is 0 Å². The molecule has 1 heterocycles. The highest BCUT2D eigenvalue weighted by molar-refractivity contribution is 7.91. The molecule has 0 amide bonds. The van der Waals surface area contributed by atoms with Gasteiger partial charge < -0.3 is 10.2 Å². The summed E-state index contributed by atoms with van der Waals surface area (Å²) in [6, 6.07) is 4.21. The van der Waals surface area contributed by atoms with Crippen molar-refractivity contribution in [2.45, 2.75) is 4.90 Å². The van der Waals surface area contributed by atoms with Crippen molar-refractivity contribution < 1.29 is 12.8 Å². The molecule has 4 nitrogen and oxygen atoms in total. The Hall–Kier alpha value is -1.14. The molecule has 94 valence electrons. The average molecular weight is 258 g/mol. The Balaban J connectivity index is 2.46. The summed E-state index contributed by atoms with van der Waals surface area (Å²) in [6.07, 6.45) is 0. The number of nitrogens with one attached hydrogen (secondary N) is 1. The van der Waals surface area contributed by atoms with Crippen molar-refractivity contribution in [3.05, 3.63) is 24.0 Å². The number of nitrogens with zero attached hydrogens (tertiary/aromatic N) is 1. The topological polar surface area (TPSA) is 49.4 Å². The fourth-order valence-corrected chi connectivity index (χ4v) is 3.46. The predicted molar refractivity (Wildman–Crippen MR) is 64.6 cm³/mol. The van der Waals surface area contributed by atoms with Gasteiger partial charge >= 0.3 is 0 Å². The molecule has 2 rings (SSSR count). The third-order valence-corrected chi connectivity index (χ3v) is 4.58. The summed E-state index contributed by atoms with van der Waals surface area (Å²) in [5, 5.41) is 2.97. The molecule has 0 atom stereocenters. The number of hydrogen-bond donors (Lipinski definition) is 1. The van der Waals surface area contributed by atoms with Gasteiger partial charge in [-0.2, -0.15) is 0 Å². The molecule has 1 aromatic rings. The SMILES string of the molecule is CNCCN1CCS(=O)(=O)c2cccc(F)c21. The van der Waals surface area contributed by atoms with E-state index in [2.05, 4.69) is 5.32 Å². The number of hydrogen-bond acceptors (Lipinski definition) is 4. The molecule has 0 aliphatic carbocycles. The Labute approximate surface area is 100 Å². The maximum atomic E-state index is 13.8. The first-order valence-corrected chi connectivity index (χ1v) is 7.12. The number of likely N-dealkylation sites (N-methyl/N-ethyl adjacent to an activating group) is 1. The second kappa shape index (κ2) is 4.62. The van der Waals surface area contributed by atoms with Crippen LogP contribution in [0.3, 0.4) is 0 Å². The zero-order valence-electron chi connectivity index (χ0n) is 9.61. The molecule has 0 aromatic heterocycles. The summed E-state index contributed by atoms with van der Waals surface area (Å²) in [4.78, 5) is 1.89. The van der Waals surface area contributed by atoms with Gasteiger partial charge in [0.2, 0.25) is 0 Å². The predicted octanol–water partition coefficient (Wildman–Crippen LogP) is 0.639. The van der Waals surface area contributed by atoms with Gasteiger partial charge in [-0.15, -0.1) is 0 Å². The number of rotatable bonds is 3. The molecule has 0 bridgehead atoms. The molecule has 0 radical (unpaired) electrons. The minimum atomic E-state index is -3.32. The number of para-hydroxylation sites is 1. The van der Waals surface area contributed by atoms with Gasteiger partial charge in [0.25, 0.3) is 0 Å². The number of benzene rings is 1. The summed E-state index contributed by atoms with van der Waals surface area (Å²) in [5.41, 5.74) is 0.217. The van der Waals surface area contributed by atoms with Crippen LogP contribution in [0.1, 0.15) is 0 Å². The number of anilines is 1. The third-order valence-electron chi connectivity index (χ3n) is 2.86. The molecule has 0 saturated heterocycles. The lowest BCUT2D eigenvalue weighted by Crippen LogP contribution is -2.39. The van der Waals surface area contributed by atoms with Crippen LogP contribution in [-0.2, 0) is 9.84 Å². The summed E-state index contributed by atoms with van der Waals surface area (Å²) >= 11 is 0. The first kappa shape index (κ1) is 12.3. The van der Waals surface area contributed by atoms with Crippen LogP contribution in [0.5, 0.6) is 0 Å². The fraction of sp³-hybridized carbons (Fsp3) is 0.455. The summed E-state index contributed by atoms with van der Waals surface area (Å²) in [7, 11) is -1.52. The highest BCUT2D eigenvalue weighted by atomic mass is 32.2. The average Bonchev–Trinajstić information content (AvgIpc) is 2.29. The van der Waals surface area contributed by atoms with Crippen LogP contribution >= 0.6 is 0 Å². The van der Waals surface area contributed by atoms with E-state index in [9.17, 15) is 12.8 Å². The van der Waals surface area contributed by atoms with E-state index in [-0.39, 0.29) is 16.3 Å². The quantitative estimate of drug-likeness (QED) is 0.864. The molecule has 0 saturated carbocycles. The van der Waals surface area contributed by atoms with Gasteiger partial charge in [-0.1, -0.05) is 6.07 Å². The fourth-order valence-electron chi connectivity index (χ4n) is 1.98. The van der Waals surface area contributed by atoms with Gasteiger partial charge in [-0.3, -0.25) is 0 Å². The second-order valence-corrected chi connectivity index (χ2v) is 6.07. The largest absolute Gasteiger partial charge is 0.366 e. The Morgan fingerprint density at radius 1 is 1.47 bits per heavy atom. The zero-order valence-corrected chi connectivity index (χ0v) is 10.4. The van der Waals surface area contributed by atoms with E-state index in [0.717, 1.165) is 0 Å². The van der Waals surface area contributed by atoms with Crippen LogP contribution in [0.4, 0.5) is 10.1 Å². The molecule has 0 fully saturated rings. The van der Waals surface area contributed by atoms with Gasteiger partial charge in [0, 0.05) is 19.6 Å². The van der Waals surface area contributed by atoms with Crippen LogP contribution in [0.2, 0.25) is 0 Å². The Bertz CT molecular complexity index is 516. The highest BCUT2D eigenvalue weighted by Crippen LogP contribution is 2.32. The van der Waals surface area contributed by atoms with Crippen molar-refractivity contribution in [2.75, 3.05) is 37.3 Å². The van der Waals surface area contributed by atoms with Crippen molar-refractivity contribution in [1.29, 1.82) is 0 Å². The van der Waals surface area contributed by atoms with Crippen molar-refractivity contribution >= 4 is 15.5 Å². The van der Waals surface area contributed by atoms with Crippen LogP contribution < -0.4 is 10.2 Å². The van der Waals surface area contributed by atoms with E-state index >= 15 is 0 Å². The lowest BCUT2D eigenvalue weighted by atomic mass is 10.2. The molecular formula is C11H15FN2O2S. The standard InChI is InChI=1S/C11H15FN2O2S/c1-13-5-6-14-7-8-17(15,16)10-4-2-3-9(12)11(10)14/h2-4,13H,5-8H2,1H3. The normalized spacial score (nSPS) is 17.9. The van der Waals surface area contributed by atoms with Crippen LogP contribution in [0.25, 0.3) is 0 Å². The molecule has 1 aliphatic heterocycles. The van der Waals surface area contributed by atoms with E-state index in [1.165, 1.54) is 18.2 Å². The molecule has 0 spiro atoms. The Morgan fingerprint density at radius 2 is 2.24 bits per heavy atom. The first-order chi connectivity index (χ1) is 8.06. The molecular weight excluding hydrogens is 243 g/mol. The van der Waals surface area contributed by atoms with Crippen LogP contribution in [-0.4, -0.2) is 40.9 Å². The summed E-state index contributed by atoms with van der Waals surface area (Å²) < 4.78 is 37.4. The van der Waals surface area contributed by atoms with Crippen LogP contribution in [0, 0.1) is 5.82 Å². The van der Waals surface area contributed by atoms with Gasteiger partial charge in [-0.05, 0) is 19.2 Å². The van der Waals surface area contributed by atoms with Gasteiger partial charge in [0.05, 0.1) is 16.3 Å². The third kappa shape index (κ3) is 2.28.